The summed E-state index contributed by atoms with van der Waals surface area (Å²) >= 11 is 3.16. The molecular weight excluding hydrogens is 1470 g/mol. The smallest absolute Gasteiger partial charge is 0.333 e. The molecule has 13 atom stereocenters. The van der Waals surface area contributed by atoms with Gasteiger partial charge < -0.3 is 75.3 Å². The lowest BCUT2D eigenvalue weighted by atomic mass is 10.1. The number of aldehydes is 1. The first kappa shape index (κ1) is 108. The van der Waals surface area contributed by atoms with Crippen LogP contribution in [0.2, 0.25) is 0 Å². The molecule has 102 heavy (non-hydrogen) atoms. The van der Waals surface area contributed by atoms with Gasteiger partial charge in [-0.25, -0.2) is 0 Å². The summed E-state index contributed by atoms with van der Waals surface area (Å²) in [5.41, 5.74) is 0. The summed E-state index contributed by atoms with van der Waals surface area (Å²) in [6.45, 7) is 6.96. The van der Waals surface area contributed by atoms with Crippen molar-refractivity contribution in [3.8, 4) is 36.0 Å². The number of carbonyl (C=O) groups excluding carboxylic acids is 5. The number of epoxide rings is 3. The lowest BCUT2D eigenvalue weighted by Gasteiger charge is -2.09. The Labute approximate surface area is 632 Å². The predicted octanol–water partition coefficient (Wildman–Crippen LogP) is 13.3. The second-order valence-electron chi connectivity index (χ2n) is 20.5. The second-order valence-corrected chi connectivity index (χ2v) is 24.5. The zero-order valence-corrected chi connectivity index (χ0v) is 68.1. The number of hydrogen-bond donors (Lipinski definition) is 2. The topological polar surface area (TPSA) is 273 Å². The van der Waals surface area contributed by atoms with Crippen LogP contribution in [0.15, 0.2) is 133 Å². The van der Waals surface area contributed by atoms with Crippen LogP contribution in [0.5, 0.6) is 0 Å². The minimum absolute atomic E-state index is 0. The predicted molar refractivity (Wildman–Crippen MR) is 426 cm³/mol. The van der Waals surface area contributed by atoms with Crippen molar-refractivity contribution in [3.63, 3.8) is 0 Å². The molecule has 3 aliphatic heterocycles. The fourth-order valence-electron chi connectivity index (χ4n) is 7.04. The van der Waals surface area contributed by atoms with Gasteiger partial charge >= 0.3 is 31.5 Å². The number of ether oxygens (including phenoxy) is 7. The van der Waals surface area contributed by atoms with Crippen molar-refractivity contribution in [1.29, 1.82) is 0 Å². The van der Waals surface area contributed by atoms with E-state index in [1.165, 1.54) is 42.7 Å². The van der Waals surface area contributed by atoms with Crippen LogP contribution in [-0.2, 0) is 88.8 Å². The molecule has 3 rings (SSSR count). The fraction of sp³-hybridized carbons (Fsp3) is 0.548. The van der Waals surface area contributed by atoms with Crippen molar-refractivity contribution in [2.45, 2.75) is 191 Å². The Morgan fingerprint density at radius 2 is 0.961 bits per heavy atom. The minimum Gasteiger partial charge on any atom is -0.469 e. The van der Waals surface area contributed by atoms with E-state index < -0.39 is 7.60 Å². The van der Waals surface area contributed by atoms with E-state index in [1.807, 2.05) is 115 Å². The molecule has 0 amide bonds. The number of hydrogen-bond acceptors (Lipinski definition) is 21. The largest absolute Gasteiger partial charge is 0.469 e. The number of aliphatic hydroxyl groups is 2. The summed E-state index contributed by atoms with van der Waals surface area (Å²) < 4.78 is 74.8. The van der Waals surface area contributed by atoms with E-state index >= 15 is 0 Å². The Hall–Kier alpha value is -4.51. The highest BCUT2D eigenvalue weighted by atomic mass is 79.9. The Morgan fingerprint density at radius 3 is 1.35 bits per heavy atom. The molecule has 3 saturated heterocycles. The first-order valence-electron chi connectivity index (χ1n) is 32.7. The molecule has 0 aromatic carbocycles. The molecule has 3 heterocycles. The van der Waals surface area contributed by atoms with Crippen LogP contribution in [-0.4, -0.2) is 181 Å². The normalized spacial score (nSPS) is 17.8. The Morgan fingerprint density at radius 1 is 0.539 bits per heavy atom. The molecule has 0 bridgehead atoms. The number of halogens is 1. The Kier molecular flexibility index (Phi) is 87.3. The molecule has 6 radical (unpaired) electrons. The van der Waals surface area contributed by atoms with Gasteiger partial charge in [0.1, 0.15) is 18.3 Å². The average molecular weight is 1580 g/mol. The lowest BCUT2D eigenvalue weighted by Crippen LogP contribution is -2.02. The number of rotatable bonds is 42. The molecule has 3 fully saturated rings. The molecule has 0 aliphatic carbocycles. The van der Waals surface area contributed by atoms with Crippen LogP contribution in [0.3, 0.4) is 0 Å². The van der Waals surface area contributed by atoms with Gasteiger partial charge in [-0.15, -0.1) is 12.3 Å². The molecular formula is C73H114B2BrO21P5. The number of unbranched alkanes of at least 4 members (excludes halogenated alkanes) is 1. The van der Waals surface area contributed by atoms with E-state index in [1.54, 1.807) is 24.3 Å². The van der Waals surface area contributed by atoms with Crippen molar-refractivity contribution >= 4 is 108 Å². The van der Waals surface area contributed by atoms with Crippen LogP contribution in [0.25, 0.3) is 0 Å². The molecule has 0 spiro atoms. The van der Waals surface area contributed by atoms with E-state index in [0.717, 1.165) is 76.9 Å². The monoisotopic (exact) mass is 1580 g/mol. The highest BCUT2D eigenvalue weighted by Gasteiger charge is 2.38. The standard InChI is InChI=1S/C21H29O4P.C15H24O4P2.C8H14O4.C8H12O4.C8H14O3.C8H11OP.C5H10BrOP.2B/c1-3-18(25-26)14-11-9-7-5-4-6-8-10-12-15-19-20(24-19)16-13-17-21(22)23-2;1-4-15(19-20)13-11-9-7-5-6-8-10-12-14-21(16,17-2)18-3;2*1-11-8(10)4-2-3-6-7(5-9)12-6;1-11-8(10)6-4-2-3-5-7-9;1-2-3-4-5-6-7-8-9-10;1-2-5(7-8)3-4-6;;/h4,6,8,10-12,14-15,18-20H,3,5,13,16-17,26H2,1-2H3;6,8,10-13,15H,4-5,14,20H2,1-3H3;6-7,9H,2-5H2,1H3;5-7H,2-4H2,1H3;3,5,9H,2,4,6-7H2,1H3;1,4-7H,3,8,10H2;3-5H,2,8H2,1H3;;/b6-4-,10-8+,14-11+,15-12+;8-6-,12-10+,13-11+;;;5-3-;5-4-,7-6+;4-3+;;. The van der Waals surface area contributed by atoms with Crippen molar-refractivity contribution in [1.82, 2.24) is 0 Å². The Balaban J connectivity index is -0.000000273. The van der Waals surface area contributed by atoms with Gasteiger partial charge in [-0.05, 0) is 106 Å². The van der Waals surface area contributed by atoms with Gasteiger partial charge in [0.25, 0.3) is 0 Å². The van der Waals surface area contributed by atoms with E-state index in [-0.39, 0.29) is 115 Å². The summed E-state index contributed by atoms with van der Waals surface area (Å²) in [5, 5.41) is 17.0. The maximum Gasteiger partial charge on any atom is 0.333 e. The Bertz CT molecular complexity index is 2660. The van der Waals surface area contributed by atoms with E-state index in [4.69, 9.17) is 58.0 Å². The third kappa shape index (κ3) is 75.2. The SMILES string of the molecule is C#CC/C=C\C=C\COP.CCC(/C=C/Br)OP.CCC(/C=C/C#CC/C=C\C=C\CP(=O)(OC)OC)OP.CCC(/C=C/C#CC\C=C/C=C/C=C/C1OC1CCCC(=O)OC)OP.COC(=O)CCC/C=C\CO.COC(=O)CCCC1OC1C=O.COC(=O)CCCC1OC1CO.[B].[B]. The molecule has 3 aliphatic rings. The lowest BCUT2D eigenvalue weighted by molar-refractivity contribution is -0.141. The van der Waals surface area contributed by atoms with Gasteiger partial charge in [0.15, 0.2) is 6.29 Å². The van der Waals surface area contributed by atoms with Crippen LogP contribution < -0.4 is 0 Å². The van der Waals surface area contributed by atoms with E-state index in [9.17, 15) is 28.5 Å². The number of terminal acetylenes is 1. The van der Waals surface area contributed by atoms with Crippen molar-refractivity contribution in [2.75, 3.05) is 68.6 Å². The average Bonchev–Trinajstić information content (AvgIpc) is 1.72. The van der Waals surface area contributed by atoms with Crippen LogP contribution in [0, 0.1) is 36.0 Å². The number of allylic oxidation sites excluding steroid dienone is 15. The summed E-state index contributed by atoms with van der Waals surface area (Å²) in [7, 11) is 14.3. The summed E-state index contributed by atoms with van der Waals surface area (Å²) in [5.74, 6) is 13.7. The van der Waals surface area contributed by atoms with Gasteiger partial charge in [0.05, 0.1) is 91.0 Å². The molecule has 21 nitrogen and oxygen atoms in total. The summed E-state index contributed by atoms with van der Waals surface area (Å²) in [4.78, 5) is 54.8. The van der Waals surface area contributed by atoms with Crippen LogP contribution >= 0.6 is 61.4 Å². The zero-order chi connectivity index (χ0) is 75.6. The van der Waals surface area contributed by atoms with Gasteiger partial charge in [0.2, 0.25) is 0 Å². The molecule has 570 valence electrons. The number of esters is 4. The number of methoxy groups -OCH3 is 4. The summed E-state index contributed by atoms with van der Waals surface area (Å²) in [6, 6.07) is 0. The maximum absolute atomic E-state index is 11.7. The maximum atomic E-state index is 11.7. The van der Waals surface area contributed by atoms with Crippen LogP contribution in [0.4, 0.5) is 0 Å². The quantitative estimate of drug-likeness (QED) is 0.00549. The molecule has 0 aromatic heterocycles. The third-order valence-electron chi connectivity index (χ3n) is 13.1. The second kappa shape index (κ2) is 82.1. The zero-order valence-electron chi connectivity index (χ0n) is 61.0. The molecule has 0 saturated carbocycles. The summed E-state index contributed by atoms with van der Waals surface area (Å²) in [6.07, 6.45) is 59.9. The highest BCUT2D eigenvalue weighted by Crippen LogP contribution is 2.46. The van der Waals surface area contributed by atoms with Gasteiger partial charge in [-0.2, -0.15) is 0 Å². The highest BCUT2D eigenvalue weighted by molar-refractivity contribution is 9.11. The van der Waals surface area contributed by atoms with E-state index in [0.29, 0.717) is 51.6 Å². The number of aliphatic hydroxyl groups excluding tert-OH is 2. The van der Waals surface area contributed by atoms with Gasteiger partial charge in [-0.3, -0.25) is 23.7 Å². The van der Waals surface area contributed by atoms with Crippen molar-refractivity contribution in [3.05, 3.63) is 133 Å². The van der Waals surface area contributed by atoms with E-state index in [2.05, 4.69) is 116 Å². The molecule has 29 heteroatoms. The van der Waals surface area contributed by atoms with Crippen molar-refractivity contribution in [2.24, 2.45) is 0 Å². The fourth-order valence-corrected chi connectivity index (χ4v) is 9.17. The minimum atomic E-state index is -2.94. The van der Waals surface area contributed by atoms with Gasteiger partial charge in [-0.1, -0.05) is 158 Å². The molecule has 13 unspecified atom stereocenters. The van der Waals surface area contributed by atoms with Crippen molar-refractivity contribution < 1.29 is 99.1 Å². The van der Waals surface area contributed by atoms with Gasteiger partial charge in [0, 0.05) is 114 Å². The first-order chi connectivity index (χ1) is 48.4. The van der Waals surface area contributed by atoms with Crippen LogP contribution in [0.1, 0.15) is 136 Å². The third-order valence-corrected chi connectivity index (χ3v) is 16.4. The molecule has 2 N–H and O–H groups in total. The first-order valence-corrected chi connectivity index (χ1v) is 37.3. The number of carbonyl (C=O) groups is 5. The molecule has 0 aromatic rings.